The normalized spacial score (nSPS) is 15.6. The lowest BCUT2D eigenvalue weighted by Crippen LogP contribution is -2.39. The molecule has 1 aliphatic rings. The second-order valence-corrected chi connectivity index (χ2v) is 7.20. The van der Waals surface area contributed by atoms with Gasteiger partial charge in [0.05, 0.1) is 17.2 Å². The molecule has 138 valence electrons. The van der Waals surface area contributed by atoms with Crippen LogP contribution in [0.2, 0.25) is 0 Å². The predicted octanol–water partition coefficient (Wildman–Crippen LogP) is 1.17. The van der Waals surface area contributed by atoms with Crippen LogP contribution in [0.3, 0.4) is 0 Å². The summed E-state index contributed by atoms with van der Waals surface area (Å²) >= 11 is 0. The summed E-state index contributed by atoms with van der Waals surface area (Å²) in [7, 11) is 0. The van der Waals surface area contributed by atoms with E-state index in [4.69, 9.17) is 5.11 Å². The molecule has 0 saturated heterocycles. The van der Waals surface area contributed by atoms with E-state index in [1.807, 2.05) is 0 Å². The molecule has 1 heterocycles. The van der Waals surface area contributed by atoms with E-state index in [1.165, 1.54) is 37.3 Å². The molecule has 8 heteroatoms. The summed E-state index contributed by atoms with van der Waals surface area (Å²) in [4.78, 5) is 35.2. The lowest BCUT2D eigenvalue weighted by molar-refractivity contribution is -0.146. The Bertz CT molecular complexity index is 632. The number of hydrogen-bond acceptors (Lipinski definition) is 4. The first-order valence-corrected chi connectivity index (χ1v) is 8.61. The van der Waals surface area contributed by atoms with E-state index in [0.29, 0.717) is 5.56 Å². The van der Waals surface area contributed by atoms with Crippen LogP contribution >= 0.6 is 0 Å². The van der Waals surface area contributed by atoms with Crippen molar-refractivity contribution in [1.82, 2.24) is 20.4 Å². The Labute approximate surface area is 147 Å². The molecule has 0 bridgehead atoms. The number of aliphatic carboxylic acids is 1. The van der Waals surface area contributed by atoms with E-state index >= 15 is 0 Å². The molecule has 2 amide bonds. The van der Waals surface area contributed by atoms with Crippen molar-refractivity contribution in [2.75, 3.05) is 6.54 Å². The molecule has 2 rings (SSSR count). The van der Waals surface area contributed by atoms with Crippen molar-refractivity contribution in [1.29, 1.82) is 0 Å². The first-order chi connectivity index (χ1) is 11.8. The van der Waals surface area contributed by atoms with Crippen molar-refractivity contribution in [3.8, 4) is 0 Å². The first-order valence-electron chi connectivity index (χ1n) is 8.61. The van der Waals surface area contributed by atoms with Crippen LogP contribution in [-0.4, -0.2) is 45.3 Å². The number of carboxylic acid groups (broad SMARTS) is 1. The summed E-state index contributed by atoms with van der Waals surface area (Å²) in [5.74, 6) is -1.51. The van der Waals surface area contributed by atoms with Crippen molar-refractivity contribution < 1.29 is 19.5 Å². The average Bonchev–Trinajstić information content (AvgIpc) is 3.01. The van der Waals surface area contributed by atoms with Crippen LogP contribution < -0.4 is 10.6 Å². The molecule has 1 aliphatic carbocycles. The van der Waals surface area contributed by atoms with Crippen LogP contribution in [0.1, 0.15) is 56.3 Å². The number of carbonyl (C=O) groups excluding carboxylic acids is 2. The average molecular weight is 350 g/mol. The number of nitrogens with one attached hydrogen (secondary N) is 2. The summed E-state index contributed by atoms with van der Waals surface area (Å²) in [5.41, 5.74) is -0.752. The van der Waals surface area contributed by atoms with Gasteiger partial charge >= 0.3 is 5.97 Å². The SMILES string of the molecule is CC(C)(CNC(=O)c1cnn(CC(=O)NC2CCCCC2)c1)C(=O)O. The molecular weight excluding hydrogens is 324 g/mol. The lowest BCUT2D eigenvalue weighted by atomic mass is 9.94. The minimum atomic E-state index is -1.05. The predicted molar refractivity (Wildman–Crippen MR) is 91.0 cm³/mol. The highest BCUT2D eigenvalue weighted by Crippen LogP contribution is 2.17. The quantitative estimate of drug-likeness (QED) is 0.683. The van der Waals surface area contributed by atoms with Crippen LogP contribution in [0.25, 0.3) is 0 Å². The molecule has 0 radical (unpaired) electrons. The Morgan fingerprint density at radius 2 is 1.96 bits per heavy atom. The highest BCUT2D eigenvalue weighted by Gasteiger charge is 2.28. The maximum absolute atomic E-state index is 12.1. The molecule has 25 heavy (non-hydrogen) atoms. The first kappa shape index (κ1) is 19.0. The Hall–Kier alpha value is -2.38. The van der Waals surface area contributed by atoms with Crippen LogP contribution in [0.5, 0.6) is 0 Å². The van der Waals surface area contributed by atoms with Gasteiger partial charge in [-0.2, -0.15) is 5.10 Å². The van der Waals surface area contributed by atoms with Crippen LogP contribution in [0.15, 0.2) is 12.4 Å². The molecule has 3 N–H and O–H groups in total. The zero-order chi connectivity index (χ0) is 18.4. The fourth-order valence-electron chi connectivity index (χ4n) is 2.71. The van der Waals surface area contributed by atoms with Gasteiger partial charge in [-0.05, 0) is 26.7 Å². The van der Waals surface area contributed by atoms with E-state index in [-0.39, 0.29) is 25.0 Å². The van der Waals surface area contributed by atoms with Crippen LogP contribution in [0, 0.1) is 5.41 Å². The van der Waals surface area contributed by atoms with E-state index in [9.17, 15) is 14.4 Å². The smallest absolute Gasteiger partial charge is 0.310 e. The molecular formula is C17H26N4O4. The van der Waals surface area contributed by atoms with Crippen molar-refractivity contribution in [3.05, 3.63) is 18.0 Å². The maximum Gasteiger partial charge on any atom is 0.310 e. The third-order valence-electron chi connectivity index (χ3n) is 4.44. The van der Waals surface area contributed by atoms with E-state index < -0.39 is 17.3 Å². The van der Waals surface area contributed by atoms with Gasteiger partial charge in [0.25, 0.3) is 5.91 Å². The van der Waals surface area contributed by atoms with Gasteiger partial charge < -0.3 is 15.7 Å². The Kier molecular flexibility index (Phi) is 6.17. The molecule has 1 fully saturated rings. The number of rotatable bonds is 7. The Balaban J connectivity index is 1.83. The zero-order valence-electron chi connectivity index (χ0n) is 14.7. The summed E-state index contributed by atoms with van der Waals surface area (Å²) in [5, 5.41) is 18.7. The number of carboxylic acids is 1. The number of hydrogen-bond donors (Lipinski definition) is 3. The van der Waals surface area contributed by atoms with Crippen molar-refractivity contribution in [2.45, 2.75) is 58.5 Å². The maximum atomic E-state index is 12.1. The molecule has 1 aromatic rings. The van der Waals surface area contributed by atoms with Crippen molar-refractivity contribution >= 4 is 17.8 Å². The number of aromatic nitrogens is 2. The summed E-state index contributed by atoms with van der Waals surface area (Å²) < 4.78 is 1.41. The van der Waals surface area contributed by atoms with Crippen LogP contribution in [-0.2, 0) is 16.1 Å². The summed E-state index contributed by atoms with van der Waals surface area (Å²) in [6.07, 6.45) is 8.40. The van der Waals surface area contributed by atoms with Crippen molar-refractivity contribution in [2.24, 2.45) is 5.41 Å². The fourth-order valence-corrected chi connectivity index (χ4v) is 2.71. The molecule has 0 unspecified atom stereocenters. The minimum absolute atomic E-state index is 0.00845. The van der Waals surface area contributed by atoms with Gasteiger partial charge in [-0.1, -0.05) is 19.3 Å². The third kappa shape index (κ3) is 5.58. The van der Waals surface area contributed by atoms with Gasteiger partial charge in [-0.3, -0.25) is 19.1 Å². The zero-order valence-corrected chi connectivity index (χ0v) is 14.7. The number of nitrogens with zero attached hydrogens (tertiary/aromatic N) is 2. The molecule has 0 spiro atoms. The van der Waals surface area contributed by atoms with E-state index in [2.05, 4.69) is 15.7 Å². The van der Waals surface area contributed by atoms with Gasteiger partial charge in [0, 0.05) is 18.8 Å². The highest BCUT2D eigenvalue weighted by molar-refractivity contribution is 5.94. The van der Waals surface area contributed by atoms with Gasteiger partial charge in [0.1, 0.15) is 6.54 Å². The second-order valence-electron chi connectivity index (χ2n) is 7.20. The largest absolute Gasteiger partial charge is 0.481 e. The van der Waals surface area contributed by atoms with Gasteiger partial charge in [-0.15, -0.1) is 0 Å². The molecule has 1 saturated carbocycles. The molecule has 8 nitrogen and oxygen atoms in total. The Morgan fingerprint density at radius 1 is 1.28 bits per heavy atom. The summed E-state index contributed by atoms with van der Waals surface area (Å²) in [6, 6.07) is 0.234. The van der Waals surface area contributed by atoms with Crippen molar-refractivity contribution in [3.63, 3.8) is 0 Å². The molecule has 1 aromatic heterocycles. The van der Waals surface area contributed by atoms with Gasteiger partial charge in [0.15, 0.2) is 0 Å². The van der Waals surface area contributed by atoms with Gasteiger partial charge in [-0.25, -0.2) is 0 Å². The van der Waals surface area contributed by atoms with E-state index in [1.54, 1.807) is 0 Å². The molecule has 0 atom stereocenters. The van der Waals surface area contributed by atoms with Crippen LogP contribution in [0.4, 0.5) is 0 Å². The fraction of sp³-hybridized carbons (Fsp3) is 0.647. The van der Waals surface area contributed by atoms with Gasteiger partial charge in [0.2, 0.25) is 5.91 Å². The minimum Gasteiger partial charge on any atom is -0.481 e. The molecule has 0 aliphatic heterocycles. The third-order valence-corrected chi connectivity index (χ3v) is 4.44. The number of amides is 2. The summed E-state index contributed by atoms with van der Waals surface area (Å²) in [6.45, 7) is 3.14. The second kappa shape index (κ2) is 8.13. The topological polar surface area (TPSA) is 113 Å². The Morgan fingerprint density at radius 3 is 2.60 bits per heavy atom. The number of carbonyl (C=O) groups is 3. The molecule has 0 aromatic carbocycles. The highest BCUT2D eigenvalue weighted by atomic mass is 16.4. The lowest BCUT2D eigenvalue weighted by Gasteiger charge is -2.22. The monoisotopic (exact) mass is 350 g/mol. The van der Waals surface area contributed by atoms with E-state index in [0.717, 1.165) is 25.7 Å². The standard InChI is InChI=1S/C17H26N4O4/c1-17(2,16(24)25)11-18-15(23)12-8-19-21(9-12)10-14(22)20-13-6-4-3-5-7-13/h8-9,13H,3-7,10-11H2,1-2H3,(H,18,23)(H,20,22)(H,24,25).